The van der Waals surface area contributed by atoms with Gasteiger partial charge >= 0.3 is 0 Å². The minimum atomic E-state index is -0.252. The number of rotatable bonds is 8. The minimum Gasteiger partial charge on any atom is -0.495 e. The fraction of sp³-hybridized carbons (Fsp3) is 0.207. The van der Waals surface area contributed by atoms with E-state index in [1.54, 1.807) is 20.4 Å². The van der Waals surface area contributed by atoms with Gasteiger partial charge in [-0.1, -0.05) is 25.1 Å². The van der Waals surface area contributed by atoms with Gasteiger partial charge in [-0.25, -0.2) is 0 Å². The second-order valence-electron chi connectivity index (χ2n) is 8.76. The van der Waals surface area contributed by atoms with Crippen molar-refractivity contribution in [3.63, 3.8) is 0 Å². The van der Waals surface area contributed by atoms with Crippen LogP contribution in [0.3, 0.4) is 0 Å². The molecule has 0 spiro atoms. The molecule has 2 atom stereocenters. The van der Waals surface area contributed by atoms with Crippen LogP contribution in [0.2, 0.25) is 0 Å². The maximum absolute atomic E-state index is 12.0. The number of amides is 1. The van der Waals surface area contributed by atoms with E-state index in [0.717, 1.165) is 28.5 Å². The topological polar surface area (TPSA) is 80.7 Å². The Labute approximate surface area is 227 Å². The highest BCUT2D eigenvalue weighted by Crippen LogP contribution is 2.44. The third-order valence-electron chi connectivity index (χ3n) is 6.58. The summed E-state index contributed by atoms with van der Waals surface area (Å²) in [5.41, 5.74) is 4.22. The first-order valence-corrected chi connectivity index (χ1v) is 12.8. The number of nitrogens with one attached hydrogen (secondary N) is 2. The standard InChI is InChI=1S/C29H29N5O3S/c1-4-26(35)31-20-15-14-19(18-25(20)37-3)34-28(27(32-29(34)38)21-10-7-8-16-30-21)23-12-9-17-33(23)22-11-5-6-13-24(22)36-2/h5-18,27-28H,4H2,1-3H3,(H,31,35)(H,32,38)/t27-,28+/m0/s1. The fourth-order valence-corrected chi connectivity index (χ4v) is 5.13. The Morgan fingerprint density at radius 1 is 1.03 bits per heavy atom. The van der Waals surface area contributed by atoms with Crippen molar-refractivity contribution in [2.45, 2.75) is 25.4 Å². The molecule has 5 rings (SSSR count). The van der Waals surface area contributed by atoms with Crippen LogP contribution in [-0.4, -0.2) is 34.8 Å². The molecule has 2 N–H and O–H groups in total. The molecule has 0 radical (unpaired) electrons. The Morgan fingerprint density at radius 3 is 2.55 bits per heavy atom. The normalized spacial score (nSPS) is 16.7. The average molecular weight is 528 g/mol. The van der Waals surface area contributed by atoms with E-state index >= 15 is 0 Å². The summed E-state index contributed by atoms with van der Waals surface area (Å²) in [5.74, 6) is 1.22. The molecule has 3 heterocycles. The Hall–Kier alpha value is -4.37. The molecule has 1 amide bonds. The van der Waals surface area contributed by atoms with E-state index in [9.17, 15) is 4.79 Å². The summed E-state index contributed by atoms with van der Waals surface area (Å²) >= 11 is 5.90. The number of carbonyl (C=O) groups is 1. The number of pyridine rings is 1. The zero-order valence-electron chi connectivity index (χ0n) is 21.4. The first-order chi connectivity index (χ1) is 18.5. The average Bonchev–Trinajstić information content (AvgIpc) is 3.57. The fourth-order valence-electron chi connectivity index (χ4n) is 4.79. The number of anilines is 2. The van der Waals surface area contributed by atoms with Gasteiger partial charge in [0.05, 0.1) is 37.3 Å². The third-order valence-corrected chi connectivity index (χ3v) is 6.90. The highest BCUT2D eigenvalue weighted by atomic mass is 32.1. The summed E-state index contributed by atoms with van der Waals surface area (Å²) in [7, 11) is 3.25. The van der Waals surface area contributed by atoms with Crippen LogP contribution in [0.15, 0.2) is 85.2 Å². The predicted molar refractivity (Wildman–Crippen MR) is 152 cm³/mol. The second-order valence-corrected chi connectivity index (χ2v) is 9.14. The Bertz CT molecular complexity index is 1460. The van der Waals surface area contributed by atoms with Crippen molar-refractivity contribution < 1.29 is 14.3 Å². The molecule has 8 nitrogen and oxygen atoms in total. The molecule has 2 aromatic carbocycles. The number of nitrogens with zero attached hydrogens (tertiary/aromatic N) is 3. The number of thiocarbonyl (C=S) groups is 1. The van der Waals surface area contributed by atoms with Crippen LogP contribution < -0.4 is 25.0 Å². The molecule has 1 saturated heterocycles. The monoisotopic (exact) mass is 527 g/mol. The van der Waals surface area contributed by atoms with Crippen molar-refractivity contribution in [3.05, 3.63) is 96.6 Å². The molecular formula is C29H29N5O3S. The van der Waals surface area contributed by atoms with Crippen molar-refractivity contribution in [2.75, 3.05) is 24.4 Å². The lowest BCUT2D eigenvalue weighted by Gasteiger charge is -2.29. The van der Waals surface area contributed by atoms with Gasteiger partial charge in [-0.3, -0.25) is 9.78 Å². The van der Waals surface area contributed by atoms with Crippen LogP contribution in [0.25, 0.3) is 5.69 Å². The Morgan fingerprint density at radius 2 is 1.82 bits per heavy atom. The second kappa shape index (κ2) is 10.9. The molecule has 0 unspecified atom stereocenters. The van der Waals surface area contributed by atoms with E-state index < -0.39 is 0 Å². The summed E-state index contributed by atoms with van der Waals surface area (Å²) in [6.45, 7) is 1.81. The van der Waals surface area contributed by atoms with Crippen LogP contribution in [0, 0.1) is 0 Å². The molecule has 1 aliphatic heterocycles. The van der Waals surface area contributed by atoms with Crippen molar-refractivity contribution in [1.29, 1.82) is 0 Å². The van der Waals surface area contributed by atoms with Gasteiger partial charge in [-0.15, -0.1) is 0 Å². The maximum Gasteiger partial charge on any atom is 0.224 e. The number of carbonyl (C=O) groups excluding carboxylic acids is 1. The third kappa shape index (κ3) is 4.68. The summed E-state index contributed by atoms with van der Waals surface area (Å²) in [4.78, 5) is 18.8. The summed E-state index contributed by atoms with van der Waals surface area (Å²) < 4.78 is 13.4. The molecule has 38 heavy (non-hydrogen) atoms. The lowest BCUT2D eigenvalue weighted by Crippen LogP contribution is -2.30. The molecular weight excluding hydrogens is 498 g/mol. The van der Waals surface area contributed by atoms with Crippen molar-refractivity contribution in [2.24, 2.45) is 0 Å². The van der Waals surface area contributed by atoms with Gasteiger partial charge in [0, 0.05) is 36.3 Å². The van der Waals surface area contributed by atoms with Crippen LogP contribution >= 0.6 is 12.2 Å². The van der Waals surface area contributed by atoms with E-state index in [4.69, 9.17) is 21.7 Å². The molecule has 1 aliphatic rings. The van der Waals surface area contributed by atoms with Crippen LogP contribution in [0.4, 0.5) is 11.4 Å². The van der Waals surface area contributed by atoms with Crippen LogP contribution in [0.1, 0.15) is 36.8 Å². The highest BCUT2D eigenvalue weighted by Gasteiger charge is 2.42. The van der Waals surface area contributed by atoms with Gasteiger partial charge in [-0.2, -0.15) is 0 Å². The van der Waals surface area contributed by atoms with E-state index in [1.807, 2.05) is 79.9 Å². The lowest BCUT2D eigenvalue weighted by atomic mass is 10.0. The molecule has 194 valence electrons. The van der Waals surface area contributed by atoms with Gasteiger partial charge in [0.2, 0.25) is 5.91 Å². The first kappa shape index (κ1) is 25.3. The van der Waals surface area contributed by atoms with E-state index in [-0.39, 0.29) is 18.0 Å². The van der Waals surface area contributed by atoms with Crippen molar-refractivity contribution in [3.8, 4) is 17.2 Å². The molecule has 0 bridgehead atoms. The van der Waals surface area contributed by atoms with Crippen molar-refractivity contribution >= 4 is 34.6 Å². The van der Waals surface area contributed by atoms with E-state index in [1.165, 1.54) is 0 Å². The number of ether oxygens (including phenoxy) is 2. The molecule has 4 aromatic rings. The first-order valence-electron chi connectivity index (χ1n) is 12.3. The van der Waals surface area contributed by atoms with Crippen molar-refractivity contribution in [1.82, 2.24) is 14.9 Å². The Kier molecular flexibility index (Phi) is 7.28. The maximum atomic E-state index is 12.0. The van der Waals surface area contributed by atoms with Crippen LogP contribution in [0.5, 0.6) is 11.5 Å². The smallest absolute Gasteiger partial charge is 0.224 e. The molecule has 0 aliphatic carbocycles. The number of methoxy groups -OCH3 is 2. The zero-order valence-corrected chi connectivity index (χ0v) is 22.2. The number of aromatic nitrogens is 2. The van der Waals surface area contributed by atoms with Gasteiger partial charge < -0.3 is 29.6 Å². The minimum absolute atomic E-state index is 0.0860. The lowest BCUT2D eigenvalue weighted by molar-refractivity contribution is -0.115. The van der Waals surface area contributed by atoms with E-state index in [2.05, 4.69) is 31.2 Å². The Balaban J connectivity index is 1.64. The highest BCUT2D eigenvalue weighted by molar-refractivity contribution is 7.80. The van der Waals surface area contributed by atoms with Gasteiger partial charge in [0.1, 0.15) is 17.5 Å². The SMILES string of the molecule is CCC(=O)Nc1ccc(N2C(=S)N[C@@H](c3ccccn3)[C@H]2c2cccn2-c2ccccc2OC)cc1OC. The van der Waals surface area contributed by atoms with Gasteiger partial charge in [0.15, 0.2) is 5.11 Å². The quantitative estimate of drug-likeness (QED) is 0.296. The molecule has 2 aromatic heterocycles. The number of para-hydroxylation sites is 2. The van der Waals surface area contributed by atoms with Crippen LogP contribution in [-0.2, 0) is 4.79 Å². The van der Waals surface area contributed by atoms with Gasteiger partial charge in [0.25, 0.3) is 0 Å². The number of benzene rings is 2. The summed E-state index contributed by atoms with van der Waals surface area (Å²) in [5, 5.41) is 6.96. The molecule has 1 fully saturated rings. The molecule has 0 saturated carbocycles. The largest absolute Gasteiger partial charge is 0.495 e. The molecule has 9 heteroatoms. The summed E-state index contributed by atoms with van der Waals surface area (Å²) in [6.07, 6.45) is 4.18. The number of hydrogen-bond acceptors (Lipinski definition) is 5. The number of hydrogen-bond donors (Lipinski definition) is 2. The summed E-state index contributed by atoms with van der Waals surface area (Å²) in [6, 6.07) is 23.1. The van der Waals surface area contributed by atoms with Gasteiger partial charge in [-0.05, 0) is 60.7 Å². The van der Waals surface area contributed by atoms with E-state index in [0.29, 0.717) is 23.0 Å². The predicted octanol–water partition coefficient (Wildman–Crippen LogP) is 5.42. The zero-order chi connectivity index (χ0) is 26.6.